The average molecular weight is 1140 g/mol. The second-order valence-electron chi connectivity index (χ2n) is 4.24. The molecule has 0 aromatic rings. The Morgan fingerprint density at radius 2 is 0.123 bits per heavy atom. The minimum Gasteiger partial charge on any atom is -1.00 e. The van der Waals surface area contributed by atoms with Gasteiger partial charge in [-0.15, -0.1) is 0 Å². The van der Waals surface area contributed by atoms with Crippen LogP contribution in [0.5, 0.6) is 0 Å². The van der Waals surface area contributed by atoms with Gasteiger partial charge in [-0.05, 0) is 0 Å². The third kappa shape index (κ3) is 9020. The number of hydrogen-bond donors (Lipinski definition) is 30. The van der Waals surface area contributed by atoms with E-state index in [1.54, 1.807) is 0 Å². The Kier molecular flexibility index (Phi) is 249. The molecule has 45 nitrogen and oxygen atoms in total. The van der Waals surface area contributed by atoms with E-state index in [1.165, 1.54) is 0 Å². The van der Waals surface area contributed by atoms with E-state index in [2.05, 4.69) is 0 Å². The number of carbonyl (C=O) groups is 15. The Balaban J connectivity index is -0.0000000102. The van der Waals surface area contributed by atoms with Crippen LogP contribution in [0.4, 0.5) is 71.9 Å². The first-order valence-corrected chi connectivity index (χ1v) is 9.77. The number of carboxylic acid groups (broad SMARTS) is 30. The van der Waals surface area contributed by atoms with Crippen LogP contribution in [0.3, 0.4) is 0 Å². The monoisotopic (exact) mass is 1140 g/mol. The topological polar surface area (TPSA) is 863 Å². The van der Waals surface area contributed by atoms with Crippen molar-refractivity contribution in [3.05, 3.63) is 0 Å². The average Bonchev–Trinajstić information content (AvgIpc) is 2.78. The van der Waals surface area contributed by atoms with Crippen LogP contribution in [-0.4, -0.2) is 434 Å². The number of hydrogen-bond acceptors (Lipinski definition) is 15. The normalized spacial score (nSPS) is 5.54. The summed E-state index contributed by atoms with van der Waals surface area (Å²) in [4.78, 5) is 128. The molecule has 0 saturated carbocycles. The van der Waals surface area contributed by atoms with Crippen LogP contribution in [0.2, 0.25) is 0 Å². The van der Waals surface area contributed by atoms with Crippen molar-refractivity contribution in [2.24, 2.45) is 0 Å². The molecule has 0 aliphatic rings. The fraction of sp³-hybridized carbons (Fsp3) is 0. The van der Waals surface area contributed by atoms with Crippen LogP contribution < -0.4 is 0 Å². The van der Waals surface area contributed by atoms with Gasteiger partial charge in [0.15, 0.2) is 0 Å². The molecule has 0 aromatic carbocycles. The molecule has 0 bridgehead atoms. The van der Waals surface area contributed by atoms with Crippen molar-refractivity contribution in [3.8, 4) is 0 Å². The minimum absolute atomic E-state index is 0. The van der Waals surface area contributed by atoms with Gasteiger partial charge in [-0.25, -0.2) is 71.9 Å². The fourth-order valence-electron chi connectivity index (χ4n) is 0. The first-order chi connectivity index (χ1) is 26.0. The Labute approximate surface area is 514 Å². The van der Waals surface area contributed by atoms with Crippen LogP contribution in [0.15, 0.2) is 0 Å². The van der Waals surface area contributed by atoms with Crippen LogP contribution in [0, 0.1) is 0 Å². The quantitative estimate of drug-likeness (QED) is 0.155. The van der Waals surface area contributed by atoms with Gasteiger partial charge in [0.2, 0.25) is 0 Å². The van der Waals surface area contributed by atoms with Crippen LogP contribution in [0.25, 0.3) is 0 Å². The first kappa shape index (κ1) is 131. The molecule has 0 radical (unpaired) electrons. The first-order valence-electron chi connectivity index (χ1n) is 9.77. The smallest absolute Gasteiger partial charge is 1.00 e. The van der Waals surface area contributed by atoms with Gasteiger partial charge >= 0.3 is 281 Å². The Morgan fingerprint density at radius 3 is 0.123 bits per heavy atom. The Hall–Kier alpha value is -4.65. The molecular formula is C15H40Ca5O45. The maximum atomic E-state index is 8.56. The van der Waals surface area contributed by atoms with Crippen molar-refractivity contribution in [1.29, 1.82) is 0 Å². The van der Waals surface area contributed by atoms with Gasteiger partial charge in [-0.3, -0.25) is 0 Å². The van der Waals surface area contributed by atoms with Gasteiger partial charge < -0.3 is 167 Å². The van der Waals surface area contributed by atoms with E-state index < -0.39 is 92.3 Å². The van der Waals surface area contributed by atoms with E-state index in [9.17, 15) is 0 Å². The second kappa shape index (κ2) is 124. The molecule has 0 heterocycles. The summed E-state index contributed by atoms with van der Waals surface area (Å²) in [5, 5.41) is 209. The fourth-order valence-corrected chi connectivity index (χ4v) is 0. The molecule has 0 rings (SSSR count). The SMILES string of the molecule is O=C(O)O.O=C(O)O.O=C(O)O.O=C(O)O.O=C(O)O.O=C(O)O.O=C(O)O.O=C(O)O.O=C(O)O.O=C(O)O.O=C(O)O.O=C(O)O.O=C(O)O.O=C(O)O.O=C(O)O.[Ca+2].[Ca+2].[Ca+2].[Ca+2].[Ca+2].[H-].[H-].[H-].[H-].[H-].[H-].[H-].[H-].[H-].[H-]. The van der Waals surface area contributed by atoms with E-state index in [1.807, 2.05) is 0 Å². The summed E-state index contributed by atoms with van der Waals surface area (Å²) in [5.41, 5.74) is 0. The van der Waals surface area contributed by atoms with Crippen LogP contribution in [0.1, 0.15) is 14.3 Å². The summed E-state index contributed by atoms with van der Waals surface area (Å²) in [7, 11) is 0. The van der Waals surface area contributed by atoms with Crippen molar-refractivity contribution in [2.45, 2.75) is 0 Å². The predicted molar refractivity (Wildman–Crippen MR) is 200 cm³/mol. The van der Waals surface area contributed by atoms with E-state index >= 15 is 0 Å². The molecule has 30 N–H and O–H groups in total. The third-order valence-electron chi connectivity index (χ3n) is 0. The Bertz CT molecular complexity index is 814. The molecular weight excluding hydrogens is 1100 g/mol. The third-order valence-corrected chi connectivity index (χ3v) is 0. The molecule has 0 aliphatic carbocycles. The molecule has 50 heteroatoms. The molecule has 0 fully saturated rings. The van der Waals surface area contributed by atoms with Crippen molar-refractivity contribution in [2.75, 3.05) is 0 Å². The van der Waals surface area contributed by atoms with Crippen LogP contribution in [-0.2, 0) is 0 Å². The van der Waals surface area contributed by atoms with E-state index in [4.69, 9.17) is 225 Å². The maximum absolute atomic E-state index is 8.56. The summed E-state index contributed by atoms with van der Waals surface area (Å²) in [6, 6.07) is 0. The van der Waals surface area contributed by atoms with E-state index in [-0.39, 0.29) is 203 Å². The largest absolute Gasteiger partial charge is 2.00 e. The zero-order valence-corrected chi connectivity index (χ0v) is 41.6. The molecule has 0 atom stereocenters. The summed E-state index contributed by atoms with van der Waals surface area (Å²) >= 11 is 0. The van der Waals surface area contributed by atoms with E-state index in [0.29, 0.717) is 0 Å². The standard InChI is InChI=1S/15CH2O3.5Ca.10H/c15*2-1(3)4;;;;;;;;;;;;;;;/h15*(H2,2,3,4);;;;;;;;;;;;;;;/q;;;;;;;;;;;;;;;5*+2;10*-1. The maximum Gasteiger partial charge on any atom is 2.00 e. The zero-order valence-electron chi connectivity index (χ0n) is 40.6. The molecule has 0 saturated heterocycles. The summed E-state index contributed by atoms with van der Waals surface area (Å²) in [6.07, 6.45) is -27.5. The van der Waals surface area contributed by atoms with Crippen LogP contribution >= 0.6 is 0 Å². The van der Waals surface area contributed by atoms with Crippen molar-refractivity contribution in [1.82, 2.24) is 0 Å². The van der Waals surface area contributed by atoms with Crippen molar-refractivity contribution < 1.29 is 239 Å². The molecule has 0 aromatic heterocycles. The summed E-state index contributed by atoms with van der Waals surface area (Å²) in [5.74, 6) is 0. The van der Waals surface area contributed by atoms with Gasteiger partial charge in [-0.1, -0.05) is 0 Å². The van der Waals surface area contributed by atoms with Crippen molar-refractivity contribution in [3.63, 3.8) is 0 Å². The molecule has 0 aliphatic heterocycles. The second-order valence-corrected chi connectivity index (χ2v) is 4.24. The molecule has 0 amide bonds. The summed E-state index contributed by atoms with van der Waals surface area (Å²) in [6.45, 7) is 0. The van der Waals surface area contributed by atoms with Crippen molar-refractivity contribution >= 4 is 281 Å². The molecule has 65 heavy (non-hydrogen) atoms. The number of rotatable bonds is 0. The van der Waals surface area contributed by atoms with Gasteiger partial charge in [0.1, 0.15) is 0 Å². The van der Waals surface area contributed by atoms with E-state index in [0.717, 1.165) is 0 Å². The minimum atomic E-state index is -1.83. The van der Waals surface area contributed by atoms with Gasteiger partial charge in [-0.2, -0.15) is 0 Å². The molecule has 0 spiro atoms. The molecule has 380 valence electrons. The predicted octanol–water partition coefficient (Wildman–Crippen LogP) is 2.56. The molecule has 0 unspecified atom stereocenters. The summed E-state index contributed by atoms with van der Waals surface area (Å²) < 4.78 is 0. The van der Waals surface area contributed by atoms with Gasteiger partial charge in [0.05, 0.1) is 0 Å². The van der Waals surface area contributed by atoms with Gasteiger partial charge in [0.25, 0.3) is 0 Å². The zero-order chi connectivity index (χ0) is 53.7. The Morgan fingerprint density at radius 1 is 0.123 bits per heavy atom. The van der Waals surface area contributed by atoms with Gasteiger partial charge in [0, 0.05) is 0 Å².